The van der Waals surface area contributed by atoms with Crippen molar-refractivity contribution in [3.05, 3.63) is 60.2 Å². The first kappa shape index (κ1) is 17.3. The fourth-order valence-electron chi connectivity index (χ4n) is 2.17. The van der Waals surface area contributed by atoms with Gasteiger partial charge in [0.2, 0.25) is 0 Å². The van der Waals surface area contributed by atoms with E-state index in [0.717, 1.165) is 5.56 Å². The number of aliphatic carboxylic acids is 1. The van der Waals surface area contributed by atoms with Crippen molar-refractivity contribution in [1.82, 2.24) is 5.32 Å². The summed E-state index contributed by atoms with van der Waals surface area (Å²) in [6.45, 7) is -0.293. The van der Waals surface area contributed by atoms with Crippen LogP contribution in [0.15, 0.2) is 54.6 Å². The van der Waals surface area contributed by atoms with Gasteiger partial charge in [-0.1, -0.05) is 42.5 Å². The SMILES string of the molecule is COc1ccccc1OCC(=O)N[C@@H](Cc1ccccc1)C(=O)O. The number of carbonyl (C=O) groups is 2. The first-order chi connectivity index (χ1) is 11.6. The highest BCUT2D eigenvalue weighted by Gasteiger charge is 2.20. The Morgan fingerprint density at radius 1 is 1.04 bits per heavy atom. The van der Waals surface area contributed by atoms with E-state index >= 15 is 0 Å². The van der Waals surface area contributed by atoms with Crippen LogP contribution < -0.4 is 14.8 Å². The molecule has 24 heavy (non-hydrogen) atoms. The van der Waals surface area contributed by atoms with Crippen LogP contribution in [-0.2, 0) is 16.0 Å². The molecule has 0 spiro atoms. The van der Waals surface area contributed by atoms with Crippen molar-refractivity contribution in [3.63, 3.8) is 0 Å². The zero-order valence-electron chi connectivity index (χ0n) is 13.3. The molecule has 0 radical (unpaired) electrons. The largest absolute Gasteiger partial charge is 0.493 e. The number of carboxylic acid groups (broad SMARTS) is 1. The summed E-state index contributed by atoms with van der Waals surface area (Å²) in [6.07, 6.45) is 0.205. The van der Waals surface area contributed by atoms with Crippen LogP contribution in [0, 0.1) is 0 Å². The minimum Gasteiger partial charge on any atom is -0.493 e. The minimum atomic E-state index is -1.09. The molecule has 0 unspecified atom stereocenters. The molecule has 6 nitrogen and oxygen atoms in total. The Morgan fingerprint density at radius 2 is 1.67 bits per heavy atom. The first-order valence-corrected chi connectivity index (χ1v) is 7.42. The van der Waals surface area contributed by atoms with Crippen molar-refractivity contribution < 1.29 is 24.2 Å². The molecule has 2 rings (SSSR count). The molecule has 0 saturated carbocycles. The molecule has 1 atom stereocenters. The van der Waals surface area contributed by atoms with E-state index in [1.165, 1.54) is 7.11 Å². The van der Waals surface area contributed by atoms with Crippen molar-refractivity contribution in [2.75, 3.05) is 13.7 Å². The Bertz CT molecular complexity index is 687. The van der Waals surface area contributed by atoms with Crippen molar-refractivity contribution in [2.45, 2.75) is 12.5 Å². The summed E-state index contributed by atoms with van der Waals surface area (Å²) < 4.78 is 10.5. The maximum atomic E-state index is 12.0. The number of para-hydroxylation sites is 2. The number of amides is 1. The topological polar surface area (TPSA) is 84.9 Å². The molecule has 0 fully saturated rings. The molecular weight excluding hydrogens is 310 g/mol. The molecule has 6 heteroatoms. The fraction of sp³-hybridized carbons (Fsp3) is 0.222. The van der Waals surface area contributed by atoms with Crippen molar-refractivity contribution in [3.8, 4) is 11.5 Å². The summed E-state index contributed by atoms with van der Waals surface area (Å²) in [6, 6.07) is 15.0. The van der Waals surface area contributed by atoms with Gasteiger partial charge >= 0.3 is 5.97 Å². The number of carboxylic acids is 1. The van der Waals surface area contributed by atoms with E-state index in [2.05, 4.69) is 5.32 Å². The summed E-state index contributed by atoms with van der Waals surface area (Å²) in [4.78, 5) is 23.3. The van der Waals surface area contributed by atoms with E-state index in [9.17, 15) is 14.7 Å². The number of benzene rings is 2. The van der Waals surface area contributed by atoms with Crippen LogP contribution >= 0.6 is 0 Å². The molecule has 0 heterocycles. The van der Waals surface area contributed by atoms with E-state index in [4.69, 9.17) is 9.47 Å². The molecule has 2 aromatic rings. The van der Waals surface area contributed by atoms with Gasteiger partial charge in [-0.15, -0.1) is 0 Å². The molecule has 2 aromatic carbocycles. The summed E-state index contributed by atoms with van der Waals surface area (Å²) in [5, 5.41) is 11.7. The van der Waals surface area contributed by atoms with Crippen LogP contribution in [0.5, 0.6) is 11.5 Å². The molecule has 0 bridgehead atoms. The zero-order chi connectivity index (χ0) is 17.4. The zero-order valence-corrected chi connectivity index (χ0v) is 13.3. The Labute approximate surface area is 140 Å². The minimum absolute atomic E-state index is 0.205. The van der Waals surface area contributed by atoms with Crippen molar-refractivity contribution in [2.24, 2.45) is 0 Å². The molecule has 126 valence electrons. The lowest BCUT2D eigenvalue weighted by Gasteiger charge is -2.15. The van der Waals surface area contributed by atoms with Crippen LogP contribution in [0.4, 0.5) is 0 Å². The van der Waals surface area contributed by atoms with E-state index in [1.807, 2.05) is 30.3 Å². The van der Waals surface area contributed by atoms with Crippen LogP contribution in [0.25, 0.3) is 0 Å². The Hall–Kier alpha value is -3.02. The second-order valence-corrected chi connectivity index (χ2v) is 5.09. The molecule has 0 aromatic heterocycles. The van der Waals surface area contributed by atoms with Crippen LogP contribution in [0.1, 0.15) is 5.56 Å². The second kappa shape index (κ2) is 8.57. The smallest absolute Gasteiger partial charge is 0.326 e. The van der Waals surface area contributed by atoms with Gasteiger partial charge in [0.05, 0.1) is 7.11 Å². The predicted molar refractivity (Wildman–Crippen MR) is 88.2 cm³/mol. The van der Waals surface area contributed by atoms with Gasteiger partial charge in [0.25, 0.3) is 5.91 Å². The number of nitrogens with one attached hydrogen (secondary N) is 1. The van der Waals surface area contributed by atoms with E-state index in [-0.39, 0.29) is 13.0 Å². The van der Waals surface area contributed by atoms with Gasteiger partial charge in [0, 0.05) is 6.42 Å². The number of carbonyl (C=O) groups excluding carboxylic acids is 1. The Balaban J connectivity index is 1.92. The normalized spacial score (nSPS) is 11.4. The highest BCUT2D eigenvalue weighted by molar-refractivity contribution is 5.84. The van der Waals surface area contributed by atoms with Crippen LogP contribution in [-0.4, -0.2) is 36.7 Å². The van der Waals surface area contributed by atoms with Gasteiger partial charge in [-0.25, -0.2) is 4.79 Å². The number of rotatable bonds is 8. The summed E-state index contributed by atoms with van der Waals surface area (Å²) in [7, 11) is 1.50. The highest BCUT2D eigenvalue weighted by atomic mass is 16.5. The first-order valence-electron chi connectivity index (χ1n) is 7.42. The third kappa shape index (κ3) is 5.01. The van der Waals surface area contributed by atoms with E-state index < -0.39 is 17.9 Å². The fourth-order valence-corrected chi connectivity index (χ4v) is 2.17. The molecule has 1 amide bonds. The molecular formula is C18H19NO5. The van der Waals surface area contributed by atoms with E-state index in [1.54, 1.807) is 24.3 Å². The van der Waals surface area contributed by atoms with Gasteiger partial charge in [-0.2, -0.15) is 0 Å². The van der Waals surface area contributed by atoms with Gasteiger partial charge < -0.3 is 19.9 Å². The molecule has 0 aliphatic heterocycles. The third-order valence-electron chi connectivity index (χ3n) is 3.34. The van der Waals surface area contributed by atoms with Crippen LogP contribution in [0.2, 0.25) is 0 Å². The monoisotopic (exact) mass is 329 g/mol. The average Bonchev–Trinajstić information content (AvgIpc) is 2.60. The third-order valence-corrected chi connectivity index (χ3v) is 3.34. The van der Waals surface area contributed by atoms with Gasteiger partial charge in [0.15, 0.2) is 18.1 Å². The lowest BCUT2D eigenvalue weighted by molar-refractivity contribution is -0.142. The Kier molecular flexibility index (Phi) is 6.19. The average molecular weight is 329 g/mol. The van der Waals surface area contributed by atoms with Crippen LogP contribution in [0.3, 0.4) is 0 Å². The quantitative estimate of drug-likeness (QED) is 0.772. The van der Waals surface area contributed by atoms with Crippen molar-refractivity contribution in [1.29, 1.82) is 0 Å². The number of ether oxygens (including phenoxy) is 2. The maximum Gasteiger partial charge on any atom is 0.326 e. The number of hydrogen-bond acceptors (Lipinski definition) is 4. The summed E-state index contributed by atoms with van der Waals surface area (Å²) in [5.41, 5.74) is 0.829. The maximum absolute atomic E-state index is 12.0. The Morgan fingerprint density at radius 3 is 2.29 bits per heavy atom. The lowest BCUT2D eigenvalue weighted by atomic mass is 10.1. The van der Waals surface area contributed by atoms with Gasteiger partial charge in [-0.05, 0) is 17.7 Å². The highest BCUT2D eigenvalue weighted by Crippen LogP contribution is 2.25. The number of hydrogen-bond donors (Lipinski definition) is 2. The molecule has 2 N–H and O–H groups in total. The number of methoxy groups -OCH3 is 1. The molecule has 0 aliphatic carbocycles. The second-order valence-electron chi connectivity index (χ2n) is 5.09. The van der Waals surface area contributed by atoms with E-state index in [0.29, 0.717) is 11.5 Å². The predicted octanol–water partition coefficient (Wildman–Crippen LogP) is 1.89. The lowest BCUT2D eigenvalue weighted by Crippen LogP contribution is -2.44. The standard InChI is InChI=1S/C18H19NO5/c1-23-15-9-5-6-10-16(15)24-12-17(20)19-14(18(21)22)11-13-7-3-2-4-8-13/h2-10,14H,11-12H2,1H3,(H,19,20)(H,21,22)/t14-/m0/s1. The van der Waals surface area contributed by atoms with Crippen molar-refractivity contribution >= 4 is 11.9 Å². The van der Waals surface area contributed by atoms with Gasteiger partial charge in [0.1, 0.15) is 6.04 Å². The summed E-state index contributed by atoms with van der Waals surface area (Å²) >= 11 is 0. The molecule has 0 aliphatic rings. The molecule has 0 saturated heterocycles. The van der Waals surface area contributed by atoms with Gasteiger partial charge in [-0.3, -0.25) is 4.79 Å². The summed E-state index contributed by atoms with van der Waals surface area (Å²) in [5.74, 6) is -0.678.